The Hall–Kier alpha value is -4.04. The molecule has 172 valence electrons. The second kappa shape index (κ2) is 10.3. The van der Waals surface area contributed by atoms with E-state index < -0.39 is 17.1 Å². The summed E-state index contributed by atoms with van der Waals surface area (Å²) in [5, 5.41) is 19.7. The van der Waals surface area contributed by atoms with Gasteiger partial charge in [-0.1, -0.05) is 72.4 Å². The van der Waals surface area contributed by atoms with Gasteiger partial charge in [0.15, 0.2) is 16.7 Å². The lowest BCUT2D eigenvalue weighted by Gasteiger charge is -2.20. The van der Waals surface area contributed by atoms with Crippen LogP contribution in [0.2, 0.25) is 0 Å². The summed E-state index contributed by atoms with van der Waals surface area (Å²) in [6.45, 7) is 2.19. The largest absolute Gasteiger partial charge is 0.504 e. The van der Waals surface area contributed by atoms with E-state index in [1.54, 1.807) is 66.7 Å². The van der Waals surface area contributed by atoms with Crippen LogP contribution in [0.25, 0.3) is 6.08 Å². The normalized spacial score (nSPS) is 15.3. The molecule has 0 radical (unpaired) electrons. The number of para-hydroxylation sites is 2. The Bertz CT molecular complexity index is 1260. The number of carboxylic acid groups (broad SMARTS) is 1. The van der Waals surface area contributed by atoms with E-state index >= 15 is 0 Å². The summed E-state index contributed by atoms with van der Waals surface area (Å²) in [7, 11) is 0. The fourth-order valence-electron chi connectivity index (χ4n) is 3.45. The molecule has 34 heavy (non-hydrogen) atoms. The van der Waals surface area contributed by atoms with Crippen LogP contribution in [0, 0.1) is 0 Å². The van der Waals surface area contributed by atoms with Crippen LogP contribution < -0.4 is 9.64 Å². The van der Waals surface area contributed by atoms with E-state index in [0.29, 0.717) is 29.2 Å². The van der Waals surface area contributed by atoms with Gasteiger partial charge in [0, 0.05) is 5.56 Å². The summed E-state index contributed by atoms with van der Waals surface area (Å²) in [5.74, 6) is -1.26. The highest BCUT2D eigenvalue weighted by Crippen LogP contribution is 2.38. The van der Waals surface area contributed by atoms with Crippen LogP contribution in [0.4, 0.5) is 5.69 Å². The van der Waals surface area contributed by atoms with Crippen LogP contribution in [-0.2, 0) is 9.59 Å². The third-order valence-corrected chi connectivity index (χ3v) is 6.21. The quantitative estimate of drug-likeness (QED) is 0.463. The van der Waals surface area contributed by atoms with E-state index in [-0.39, 0.29) is 16.6 Å². The average Bonchev–Trinajstić information content (AvgIpc) is 3.15. The summed E-state index contributed by atoms with van der Waals surface area (Å²) < 4.78 is 5.43. The van der Waals surface area contributed by atoms with Gasteiger partial charge >= 0.3 is 5.97 Å². The van der Waals surface area contributed by atoms with E-state index in [4.69, 9.17) is 4.74 Å². The highest BCUT2D eigenvalue weighted by molar-refractivity contribution is 8.15. The van der Waals surface area contributed by atoms with Gasteiger partial charge in [-0.05, 0) is 36.8 Å². The van der Waals surface area contributed by atoms with Crippen LogP contribution in [0.15, 0.2) is 89.6 Å². The maximum absolute atomic E-state index is 13.4. The van der Waals surface area contributed by atoms with Gasteiger partial charge in [0.2, 0.25) is 0 Å². The maximum Gasteiger partial charge on any atom is 0.321 e. The minimum Gasteiger partial charge on any atom is -0.504 e. The van der Waals surface area contributed by atoms with Gasteiger partial charge in [-0.2, -0.15) is 0 Å². The Labute approximate surface area is 201 Å². The fourth-order valence-corrected chi connectivity index (χ4v) is 4.50. The number of aliphatic imine (C=N–C) groups is 1. The Kier molecular flexibility index (Phi) is 6.98. The monoisotopic (exact) mass is 474 g/mol. The number of phenols is 1. The fraction of sp³-hybridized carbons (Fsp3) is 0.115. The minimum atomic E-state index is -1.04. The van der Waals surface area contributed by atoms with Crippen LogP contribution >= 0.6 is 11.8 Å². The minimum absolute atomic E-state index is 0.0764. The first kappa shape index (κ1) is 23.1. The van der Waals surface area contributed by atoms with Crippen molar-refractivity contribution in [3.8, 4) is 11.5 Å². The number of amidine groups is 1. The van der Waals surface area contributed by atoms with E-state index in [9.17, 15) is 19.8 Å². The number of nitrogens with zero attached hydrogens (tertiary/aromatic N) is 2. The van der Waals surface area contributed by atoms with E-state index in [0.717, 1.165) is 11.8 Å². The van der Waals surface area contributed by atoms with Gasteiger partial charge in [-0.25, -0.2) is 4.99 Å². The Morgan fingerprint density at radius 2 is 1.74 bits per heavy atom. The number of carboxylic acids is 1. The Balaban J connectivity index is 1.76. The van der Waals surface area contributed by atoms with Crippen molar-refractivity contribution in [2.45, 2.75) is 12.2 Å². The molecule has 0 saturated heterocycles. The third-order valence-electron chi connectivity index (χ3n) is 5.02. The molecule has 1 amide bonds. The molecule has 0 aromatic heterocycles. The number of benzene rings is 3. The number of thioether (sulfide) groups is 1. The van der Waals surface area contributed by atoms with Crippen LogP contribution in [0.3, 0.4) is 0 Å². The molecule has 8 heteroatoms. The van der Waals surface area contributed by atoms with Crippen molar-refractivity contribution in [3.63, 3.8) is 0 Å². The number of anilines is 1. The lowest BCUT2D eigenvalue weighted by atomic mass is 10.1. The van der Waals surface area contributed by atoms with Crippen LogP contribution in [0.1, 0.15) is 23.3 Å². The zero-order valence-corrected chi connectivity index (χ0v) is 19.1. The van der Waals surface area contributed by atoms with Crippen molar-refractivity contribution < 1.29 is 24.5 Å². The summed E-state index contributed by atoms with van der Waals surface area (Å²) in [6.07, 6.45) is 1.47. The molecule has 1 aliphatic rings. The van der Waals surface area contributed by atoms with E-state index in [1.807, 2.05) is 19.1 Å². The third kappa shape index (κ3) is 4.82. The first-order valence-corrected chi connectivity index (χ1v) is 11.5. The molecular weight excluding hydrogens is 452 g/mol. The molecule has 0 spiro atoms. The average molecular weight is 475 g/mol. The molecule has 1 unspecified atom stereocenters. The van der Waals surface area contributed by atoms with Crippen molar-refractivity contribution in [1.82, 2.24) is 0 Å². The van der Waals surface area contributed by atoms with Crippen molar-refractivity contribution in [1.29, 1.82) is 0 Å². The smallest absolute Gasteiger partial charge is 0.321 e. The summed E-state index contributed by atoms with van der Waals surface area (Å²) >= 11 is 0.978. The molecule has 0 fully saturated rings. The molecule has 0 saturated carbocycles. The molecule has 1 aliphatic heterocycles. The summed E-state index contributed by atoms with van der Waals surface area (Å²) in [4.78, 5) is 31.4. The zero-order valence-electron chi connectivity index (χ0n) is 18.3. The number of carbonyl (C=O) groups excluding carboxylic acids is 1. The first-order valence-electron chi connectivity index (χ1n) is 10.6. The second-order valence-electron chi connectivity index (χ2n) is 7.27. The van der Waals surface area contributed by atoms with Gasteiger partial charge in [-0.15, -0.1) is 0 Å². The number of phenolic OH excluding ortho intramolecular Hbond substituents is 1. The van der Waals surface area contributed by atoms with Crippen molar-refractivity contribution in [2.75, 3.05) is 11.5 Å². The number of hydrogen-bond donors (Lipinski definition) is 2. The predicted molar refractivity (Wildman–Crippen MR) is 133 cm³/mol. The Morgan fingerprint density at radius 3 is 2.38 bits per heavy atom. The number of hydrogen-bond acceptors (Lipinski definition) is 6. The van der Waals surface area contributed by atoms with Gasteiger partial charge < -0.3 is 14.9 Å². The summed E-state index contributed by atoms with van der Waals surface area (Å²) in [6, 6.07) is 22.7. The topological polar surface area (TPSA) is 99.4 Å². The van der Waals surface area contributed by atoms with Gasteiger partial charge in [-0.3, -0.25) is 14.5 Å². The highest BCUT2D eigenvalue weighted by atomic mass is 32.2. The first-order chi connectivity index (χ1) is 16.5. The number of amides is 1. The molecule has 1 atom stereocenters. The standard InChI is InChI=1S/C26H22N2O5S/c1-2-33-21-15-9-12-18(22(21)29)16-20-24(30)28(19-13-7-4-8-14-19)26(27-20)34-23(25(31)32)17-10-5-3-6-11-17/h3-16,23,29H,2H2,1H3,(H,31,32)/b20-16+. The molecule has 7 nitrogen and oxygen atoms in total. The molecule has 2 N–H and O–H groups in total. The predicted octanol–water partition coefficient (Wildman–Crippen LogP) is 5.09. The maximum atomic E-state index is 13.4. The van der Waals surface area contributed by atoms with E-state index in [2.05, 4.69) is 4.99 Å². The molecule has 3 aromatic rings. The SMILES string of the molecule is CCOc1cccc(/C=C2/N=C(SC(C(=O)O)c3ccccc3)N(c3ccccc3)C2=O)c1O. The second-order valence-corrected chi connectivity index (χ2v) is 8.35. The van der Waals surface area contributed by atoms with Crippen molar-refractivity contribution in [3.05, 3.63) is 95.7 Å². The van der Waals surface area contributed by atoms with Crippen LogP contribution in [-0.4, -0.2) is 33.9 Å². The highest BCUT2D eigenvalue weighted by Gasteiger charge is 2.35. The van der Waals surface area contributed by atoms with Gasteiger partial charge in [0.25, 0.3) is 5.91 Å². The van der Waals surface area contributed by atoms with Gasteiger partial charge in [0.05, 0.1) is 12.3 Å². The zero-order chi connectivity index (χ0) is 24.1. The van der Waals surface area contributed by atoms with Crippen molar-refractivity contribution in [2.24, 2.45) is 4.99 Å². The number of aromatic hydroxyl groups is 1. The summed E-state index contributed by atoms with van der Waals surface area (Å²) in [5.41, 5.74) is 1.59. The van der Waals surface area contributed by atoms with E-state index in [1.165, 1.54) is 11.0 Å². The number of aliphatic carboxylic acids is 1. The molecule has 3 aromatic carbocycles. The molecule has 0 bridgehead atoms. The molecule has 4 rings (SSSR count). The number of ether oxygens (including phenoxy) is 1. The lowest BCUT2D eigenvalue weighted by molar-refractivity contribution is -0.136. The van der Waals surface area contributed by atoms with Crippen LogP contribution in [0.5, 0.6) is 11.5 Å². The van der Waals surface area contributed by atoms with Crippen molar-refractivity contribution >= 4 is 40.6 Å². The molecular formula is C26H22N2O5S. The number of rotatable bonds is 7. The molecule has 0 aliphatic carbocycles. The lowest BCUT2D eigenvalue weighted by Crippen LogP contribution is -2.31. The van der Waals surface area contributed by atoms with Gasteiger partial charge in [0.1, 0.15) is 10.9 Å². The number of carbonyl (C=O) groups is 2. The Morgan fingerprint density at radius 1 is 1.06 bits per heavy atom. The molecule has 1 heterocycles.